The van der Waals surface area contributed by atoms with Gasteiger partial charge in [0, 0.05) is 31.1 Å². The Labute approximate surface area is 152 Å². The van der Waals surface area contributed by atoms with E-state index in [2.05, 4.69) is 4.72 Å². The van der Waals surface area contributed by atoms with Crippen molar-refractivity contribution in [3.63, 3.8) is 0 Å². The molecular formula is C17H22N2O4S2. The average molecular weight is 383 g/mol. The maximum absolute atomic E-state index is 12.5. The van der Waals surface area contributed by atoms with Crippen LogP contribution >= 0.6 is 11.3 Å². The van der Waals surface area contributed by atoms with E-state index in [1.54, 1.807) is 23.3 Å². The lowest BCUT2D eigenvalue weighted by atomic mass is 10.2. The molecule has 1 aromatic carbocycles. The molecule has 2 rings (SSSR count). The Morgan fingerprint density at radius 2 is 1.92 bits per heavy atom. The largest absolute Gasteiger partial charge is 0.383 e. The number of nitrogens with one attached hydrogen (secondary N) is 1. The number of methoxy groups -OCH3 is 1. The molecule has 1 N–H and O–H groups in total. The number of nitrogens with zero attached hydrogens (tertiary/aromatic N) is 1. The Morgan fingerprint density at radius 3 is 2.48 bits per heavy atom. The molecule has 25 heavy (non-hydrogen) atoms. The highest BCUT2D eigenvalue weighted by Gasteiger charge is 2.17. The second kappa shape index (κ2) is 8.57. The first-order valence-corrected chi connectivity index (χ1v) is 10.1. The van der Waals surface area contributed by atoms with Gasteiger partial charge in [0.05, 0.1) is 18.0 Å². The van der Waals surface area contributed by atoms with Crippen molar-refractivity contribution in [3.8, 4) is 0 Å². The van der Waals surface area contributed by atoms with E-state index in [9.17, 15) is 13.2 Å². The highest BCUT2D eigenvalue weighted by Crippen LogP contribution is 2.19. The summed E-state index contributed by atoms with van der Waals surface area (Å²) in [7, 11) is -0.358. The van der Waals surface area contributed by atoms with E-state index in [-0.39, 0.29) is 17.3 Å². The zero-order valence-electron chi connectivity index (χ0n) is 14.5. The first kappa shape index (κ1) is 19.6. The number of hydrogen-bond donors (Lipinski definition) is 1. The molecule has 2 aromatic rings. The van der Waals surface area contributed by atoms with Crippen molar-refractivity contribution in [1.82, 2.24) is 9.62 Å². The number of thiophene rings is 1. The van der Waals surface area contributed by atoms with Gasteiger partial charge in [-0.3, -0.25) is 4.79 Å². The van der Waals surface area contributed by atoms with Crippen LogP contribution in [0.3, 0.4) is 0 Å². The van der Waals surface area contributed by atoms with Crippen LogP contribution in [0.4, 0.5) is 0 Å². The minimum atomic E-state index is -3.60. The van der Waals surface area contributed by atoms with E-state index in [0.29, 0.717) is 18.7 Å². The van der Waals surface area contributed by atoms with Crippen molar-refractivity contribution in [2.24, 2.45) is 0 Å². The lowest BCUT2D eigenvalue weighted by Crippen LogP contribution is -2.28. The van der Waals surface area contributed by atoms with Gasteiger partial charge in [-0.15, -0.1) is 11.3 Å². The van der Waals surface area contributed by atoms with Gasteiger partial charge in [-0.25, -0.2) is 13.1 Å². The predicted molar refractivity (Wildman–Crippen MR) is 98.4 cm³/mol. The molecule has 0 spiro atoms. The van der Waals surface area contributed by atoms with Crippen molar-refractivity contribution in [2.45, 2.75) is 18.4 Å². The van der Waals surface area contributed by atoms with Gasteiger partial charge < -0.3 is 9.64 Å². The van der Waals surface area contributed by atoms with E-state index in [1.165, 1.54) is 31.4 Å². The molecule has 0 atom stereocenters. The van der Waals surface area contributed by atoms with Gasteiger partial charge in [0.15, 0.2) is 0 Å². The highest BCUT2D eigenvalue weighted by atomic mass is 32.2. The van der Waals surface area contributed by atoms with Gasteiger partial charge in [-0.2, -0.15) is 0 Å². The number of benzene rings is 1. The van der Waals surface area contributed by atoms with Crippen molar-refractivity contribution in [3.05, 3.63) is 51.7 Å². The van der Waals surface area contributed by atoms with Crippen molar-refractivity contribution < 1.29 is 17.9 Å². The fraction of sp³-hybridized carbons (Fsp3) is 0.353. The fourth-order valence-corrected chi connectivity index (χ4v) is 4.18. The second-order valence-electron chi connectivity index (χ2n) is 5.60. The number of carbonyl (C=O) groups excluding carboxylic acids is 1. The van der Waals surface area contributed by atoms with Crippen LogP contribution in [0.25, 0.3) is 0 Å². The Morgan fingerprint density at radius 1 is 1.24 bits per heavy atom. The fourth-order valence-electron chi connectivity index (χ4n) is 2.21. The van der Waals surface area contributed by atoms with Crippen LogP contribution in [-0.4, -0.2) is 46.5 Å². The van der Waals surface area contributed by atoms with Gasteiger partial charge in [0.25, 0.3) is 5.91 Å². The number of rotatable bonds is 8. The number of hydrogen-bond acceptors (Lipinski definition) is 5. The summed E-state index contributed by atoms with van der Waals surface area (Å²) in [6.45, 7) is 3.03. The van der Waals surface area contributed by atoms with Crippen LogP contribution in [0.5, 0.6) is 0 Å². The van der Waals surface area contributed by atoms with Crippen molar-refractivity contribution >= 4 is 27.3 Å². The van der Waals surface area contributed by atoms with Crippen LogP contribution in [0.1, 0.15) is 20.8 Å². The average Bonchev–Trinajstić information content (AvgIpc) is 2.99. The molecule has 6 nitrogen and oxygen atoms in total. The molecule has 0 unspecified atom stereocenters. The maximum Gasteiger partial charge on any atom is 0.253 e. The molecule has 0 saturated carbocycles. The second-order valence-corrected chi connectivity index (χ2v) is 8.37. The number of sulfonamides is 1. The molecule has 1 amide bonds. The van der Waals surface area contributed by atoms with E-state index in [4.69, 9.17) is 4.74 Å². The molecule has 0 aliphatic rings. The van der Waals surface area contributed by atoms with Crippen molar-refractivity contribution in [1.29, 1.82) is 0 Å². The zero-order chi connectivity index (χ0) is 18.4. The normalized spacial score (nSPS) is 11.5. The number of amides is 1. The molecule has 0 saturated heterocycles. The Bertz CT molecular complexity index is 813. The maximum atomic E-state index is 12.5. The third-order valence-corrected chi connectivity index (χ3v) is 6.19. The van der Waals surface area contributed by atoms with Gasteiger partial charge in [-0.1, -0.05) is 0 Å². The monoisotopic (exact) mass is 382 g/mol. The summed E-state index contributed by atoms with van der Waals surface area (Å²) < 4.78 is 31.5. The molecule has 1 aromatic heterocycles. The molecule has 0 bridgehead atoms. The van der Waals surface area contributed by atoms with E-state index >= 15 is 0 Å². The summed E-state index contributed by atoms with van der Waals surface area (Å²) in [5.41, 5.74) is 1.61. The van der Waals surface area contributed by atoms with Crippen LogP contribution in [0.15, 0.2) is 40.6 Å². The molecule has 0 aliphatic carbocycles. The topological polar surface area (TPSA) is 75.7 Å². The first-order chi connectivity index (χ1) is 11.8. The summed E-state index contributed by atoms with van der Waals surface area (Å²) in [5.74, 6) is -0.149. The van der Waals surface area contributed by atoms with Gasteiger partial charge in [0.2, 0.25) is 10.0 Å². The summed E-state index contributed by atoms with van der Waals surface area (Å²) in [6.07, 6.45) is 0. The Balaban J connectivity index is 2.05. The molecule has 8 heteroatoms. The predicted octanol–water partition coefficient (Wildman–Crippen LogP) is 2.25. The van der Waals surface area contributed by atoms with Gasteiger partial charge >= 0.3 is 0 Å². The number of carbonyl (C=O) groups is 1. The lowest BCUT2D eigenvalue weighted by Gasteiger charge is -2.17. The van der Waals surface area contributed by atoms with Crippen LogP contribution < -0.4 is 4.72 Å². The molecule has 136 valence electrons. The zero-order valence-corrected chi connectivity index (χ0v) is 16.1. The molecular weight excluding hydrogens is 360 g/mol. The minimum absolute atomic E-state index is 0.122. The smallest absolute Gasteiger partial charge is 0.253 e. The molecule has 0 aliphatic heterocycles. The van der Waals surface area contributed by atoms with Gasteiger partial charge in [-0.05, 0) is 48.2 Å². The van der Waals surface area contributed by atoms with Crippen LogP contribution in [0, 0.1) is 6.92 Å². The number of ether oxygens (including phenoxy) is 1. The molecule has 0 fully saturated rings. The van der Waals surface area contributed by atoms with E-state index in [1.807, 2.05) is 18.4 Å². The van der Waals surface area contributed by atoms with Crippen LogP contribution in [0.2, 0.25) is 0 Å². The summed E-state index contributed by atoms with van der Waals surface area (Å²) in [5, 5.41) is 2.00. The van der Waals surface area contributed by atoms with Crippen molar-refractivity contribution in [2.75, 3.05) is 27.3 Å². The summed E-state index contributed by atoms with van der Waals surface area (Å²) in [6, 6.07) is 7.96. The standard InChI is InChI=1S/C17H22N2O4S2/c1-13-8-11-24-16(13)12-19(2)17(20)14-4-6-15(7-5-14)25(21,22)18-9-10-23-3/h4-8,11,18H,9-10,12H2,1-3H3. The quantitative estimate of drug-likeness (QED) is 0.711. The number of aryl methyl sites for hydroxylation is 1. The summed E-state index contributed by atoms with van der Waals surface area (Å²) >= 11 is 1.61. The van der Waals surface area contributed by atoms with Crippen LogP contribution in [-0.2, 0) is 21.3 Å². The minimum Gasteiger partial charge on any atom is -0.383 e. The third kappa shape index (κ3) is 5.12. The van der Waals surface area contributed by atoms with Gasteiger partial charge in [0.1, 0.15) is 0 Å². The summed E-state index contributed by atoms with van der Waals surface area (Å²) in [4.78, 5) is 15.4. The third-order valence-electron chi connectivity index (χ3n) is 3.71. The first-order valence-electron chi connectivity index (χ1n) is 7.72. The highest BCUT2D eigenvalue weighted by molar-refractivity contribution is 7.89. The van der Waals surface area contributed by atoms with E-state index < -0.39 is 10.0 Å². The SMILES string of the molecule is COCCNS(=O)(=O)c1ccc(C(=O)N(C)Cc2sccc2C)cc1. The Hall–Kier alpha value is -1.74. The Kier molecular flexibility index (Phi) is 6.71. The van der Waals surface area contributed by atoms with E-state index in [0.717, 1.165) is 10.4 Å². The molecule has 1 heterocycles. The lowest BCUT2D eigenvalue weighted by molar-refractivity contribution is 0.0786. The molecule has 0 radical (unpaired) electrons.